The van der Waals surface area contributed by atoms with Crippen LogP contribution in [0.2, 0.25) is 0 Å². The summed E-state index contributed by atoms with van der Waals surface area (Å²) in [6, 6.07) is 12.3. The maximum Gasteiger partial charge on any atom is 0.416 e. The van der Waals surface area contributed by atoms with Gasteiger partial charge in [0.05, 0.1) is 12.2 Å². The average molecular weight is 500 g/mol. The minimum Gasteiger partial charge on any atom is -0.457 e. The Kier molecular flexibility index (Phi) is 7.39. The van der Waals surface area contributed by atoms with Gasteiger partial charge in [0.2, 0.25) is 0 Å². The van der Waals surface area contributed by atoms with E-state index in [9.17, 15) is 22.8 Å². The van der Waals surface area contributed by atoms with E-state index in [0.717, 1.165) is 17.7 Å². The maximum absolute atomic E-state index is 13.0. The molecule has 36 heavy (non-hydrogen) atoms. The molecule has 0 aliphatic carbocycles. The van der Waals surface area contributed by atoms with Crippen LogP contribution in [0.25, 0.3) is 0 Å². The molecular weight excluding hydrogens is 477 g/mol. The van der Waals surface area contributed by atoms with Crippen LogP contribution in [-0.4, -0.2) is 43.7 Å². The van der Waals surface area contributed by atoms with Crippen LogP contribution in [0.5, 0.6) is 11.5 Å². The molecule has 0 radical (unpaired) electrons. The van der Waals surface area contributed by atoms with E-state index in [1.54, 1.807) is 24.3 Å². The quantitative estimate of drug-likeness (QED) is 0.452. The van der Waals surface area contributed by atoms with E-state index >= 15 is 0 Å². The fourth-order valence-corrected chi connectivity index (χ4v) is 3.71. The van der Waals surface area contributed by atoms with Gasteiger partial charge in [-0.15, -0.1) is 0 Å². The second-order valence-corrected chi connectivity index (χ2v) is 7.93. The van der Waals surface area contributed by atoms with Crippen LogP contribution in [0, 0.1) is 0 Å². The number of carbonyl (C=O) groups is 2. The van der Waals surface area contributed by atoms with Crippen molar-refractivity contribution in [3.8, 4) is 11.5 Å². The minimum absolute atomic E-state index is 0.0583. The molecule has 1 aliphatic rings. The number of carbonyl (C=O) groups excluding carboxylic acids is 2. The Balaban J connectivity index is 1.43. The highest BCUT2D eigenvalue weighted by Gasteiger charge is 2.31. The van der Waals surface area contributed by atoms with Gasteiger partial charge in [0, 0.05) is 43.8 Å². The summed E-state index contributed by atoms with van der Waals surface area (Å²) in [6.07, 6.45) is -2.49. The molecule has 1 aromatic heterocycles. The second kappa shape index (κ2) is 10.6. The van der Waals surface area contributed by atoms with E-state index in [1.165, 1.54) is 36.4 Å². The Labute approximate surface area is 205 Å². The third-order valence-corrected chi connectivity index (χ3v) is 5.42. The van der Waals surface area contributed by atoms with Gasteiger partial charge in [0.1, 0.15) is 17.2 Å². The van der Waals surface area contributed by atoms with Gasteiger partial charge in [-0.05, 0) is 54.4 Å². The summed E-state index contributed by atoms with van der Waals surface area (Å²) < 4.78 is 49.7. The van der Waals surface area contributed by atoms with Crippen molar-refractivity contribution in [1.29, 1.82) is 0 Å². The van der Waals surface area contributed by atoms with Gasteiger partial charge in [-0.25, -0.2) is 4.79 Å². The highest BCUT2D eigenvalue weighted by Crippen LogP contribution is 2.34. The first-order valence-corrected chi connectivity index (χ1v) is 11.0. The number of methoxy groups -OCH3 is 1. The number of alkyl halides is 3. The van der Waals surface area contributed by atoms with Gasteiger partial charge in [-0.3, -0.25) is 14.7 Å². The normalized spacial score (nSPS) is 12.7. The first-order chi connectivity index (χ1) is 17.2. The molecule has 2 aromatic carbocycles. The first-order valence-electron chi connectivity index (χ1n) is 11.0. The maximum atomic E-state index is 13.0. The van der Waals surface area contributed by atoms with Gasteiger partial charge < -0.3 is 20.1 Å². The number of pyridine rings is 1. The van der Waals surface area contributed by atoms with Crippen molar-refractivity contribution in [3.05, 3.63) is 77.6 Å². The molecular formula is C25H23F3N4O4. The SMILES string of the molecule is COCCNC(=O)c1cc(Oc2ccc3c(c2)CCN3C(=O)Nc2cccc(C(F)(F)F)c2)ccn1. The Hall–Kier alpha value is -4.12. The van der Waals surface area contributed by atoms with E-state index in [2.05, 4.69) is 15.6 Å². The topological polar surface area (TPSA) is 92.8 Å². The number of benzene rings is 2. The molecule has 0 unspecified atom stereocenters. The molecule has 2 heterocycles. The largest absolute Gasteiger partial charge is 0.457 e. The highest BCUT2D eigenvalue weighted by atomic mass is 19.4. The Morgan fingerprint density at radius 3 is 2.67 bits per heavy atom. The lowest BCUT2D eigenvalue weighted by Gasteiger charge is -2.19. The lowest BCUT2D eigenvalue weighted by atomic mass is 10.1. The molecule has 1 aliphatic heterocycles. The average Bonchev–Trinajstić information content (AvgIpc) is 3.27. The van der Waals surface area contributed by atoms with Gasteiger partial charge >= 0.3 is 12.2 Å². The zero-order valence-corrected chi connectivity index (χ0v) is 19.3. The summed E-state index contributed by atoms with van der Waals surface area (Å²) in [5.74, 6) is 0.568. The fraction of sp³-hybridized carbons (Fsp3) is 0.240. The number of ether oxygens (including phenoxy) is 2. The number of anilines is 2. The number of hydrogen-bond acceptors (Lipinski definition) is 5. The van der Waals surface area contributed by atoms with Crippen molar-refractivity contribution in [2.75, 3.05) is 37.0 Å². The first kappa shape index (κ1) is 25.0. The third-order valence-electron chi connectivity index (χ3n) is 5.42. The molecule has 0 spiro atoms. The van der Waals surface area contributed by atoms with E-state index in [4.69, 9.17) is 9.47 Å². The molecule has 11 heteroatoms. The number of nitrogens with zero attached hydrogens (tertiary/aromatic N) is 2. The number of aromatic nitrogens is 1. The second-order valence-electron chi connectivity index (χ2n) is 7.93. The molecule has 8 nitrogen and oxygen atoms in total. The van der Waals surface area contributed by atoms with Crippen molar-refractivity contribution in [1.82, 2.24) is 10.3 Å². The number of halogens is 3. The molecule has 188 valence electrons. The number of nitrogens with one attached hydrogen (secondary N) is 2. The molecule has 3 amide bonds. The van der Waals surface area contributed by atoms with Gasteiger partial charge in [-0.1, -0.05) is 6.07 Å². The molecule has 0 atom stereocenters. The van der Waals surface area contributed by atoms with Crippen LogP contribution in [0.3, 0.4) is 0 Å². The van der Waals surface area contributed by atoms with Crippen LogP contribution in [0.4, 0.5) is 29.3 Å². The summed E-state index contributed by atoms with van der Waals surface area (Å²) in [4.78, 5) is 30.5. The van der Waals surface area contributed by atoms with Crippen molar-refractivity contribution < 1.29 is 32.2 Å². The van der Waals surface area contributed by atoms with Crippen molar-refractivity contribution >= 4 is 23.3 Å². The van der Waals surface area contributed by atoms with E-state index in [1.807, 2.05) is 0 Å². The smallest absolute Gasteiger partial charge is 0.416 e. The van der Waals surface area contributed by atoms with Crippen molar-refractivity contribution in [3.63, 3.8) is 0 Å². The molecule has 3 aromatic rings. The monoisotopic (exact) mass is 500 g/mol. The van der Waals surface area contributed by atoms with Gasteiger partial charge in [-0.2, -0.15) is 13.2 Å². The summed E-state index contributed by atoms with van der Waals surface area (Å²) in [6.45, 7) is 1.10. The van der Waals surface area contributed by atoms with Crippen LogP contribution < -0.4 is 20.3 Å². The summed E-state index contributed by atoms with van der Waals surface area (Å²) in [5.41, 5.74) is 0.902. The predicted octanol–water partition coefficient (Wildman–Crippen LogP) is 4.86. The van der Waals surface area contributed by atoms with E-state index in [0.29, 0.717) is 43.3 Å². The van der Waals surface area contributed by atoms with Crippen molar-refractivity contribution in [2.45, 2.75) is 12.6 Å². The Bertz CT molecular complexity index is 1270. The van der Waals surface area contributed by atoms with Crippen LogP contribution >= 0.6 is 0 Å². The number of rotatable bonds is 7. The Morgan fingerprint density at radius 1 is 1.08 bits per heavy atom. The zero-order valence-electron chi connectivity index (χ0n) is 19.3. The fourth-order valence-electron chi connectivity index (χ4n) is 3.71. The summed E-state index contributed by atoms with van der Waals surface area (Å²) in [5, 5.41) is 5.22. The summed E-state index contributed by atoms with van der Waals surface area (Å²) >= 11 is 0. The number of amides is 3. The predicted molar refractivity (Wildman–Crippen MR) is 126 cm³/mol. The molecule has 0 saturated carbocycles. The number of fused-ring (bicyclic) bond motifs is 1. The Morgan fingerprint density at radius 2 is 1.89 bits per heavy atom. The van der Waals surface area contributed by atoms with Crippen molar-refractivity contribution in [2.24, 2.45) is 0 Å². The standard InChI is InChI=1S/C25H23F3N4O4/c1-35-12-10-30-23(33)21-15-20(7-9-29-21)36-19-5-6-22-16(13-19)8-11-32(22)24(34)31-18-4-2-3-17(14-18)25(26,27)28/h2-7,9,13-15H,8,10-12H2,1H3,(H,30,33)(H,31,34). The van der Waals surface area contributed by atoms with Crippen LogP contribution in [0.15, 0.2) is 60.8 Å². The lowest BCUT2D eigenvalue weighted by Crippen LogP contribution is -2.33. The van der Waals surface area contributed by atoms with Gasteiger partial charge in [0.15, 0.2) is 0 Å². The van der Waals surface area contributed by atoms with Crippen LogP contribution in [0.1, 0.15) is 21.6 Å². The molecule has 2 N–H and O–H groups in total. The van der Waals surface area contributed by atoms with Gasteiger partial charge in [0.25, 0.3) is 5.91 Å². The minimum atomic E-state index is -4.50. The zero-order chi connectivity index (χ0) is 25.7. The van der Waals surface area contributed by atoms with E-state index < -0.39 is 17.8 Å². The number of urea groups is 1. The van der Waals surface area contributed by atoms with Crippen LogP contribution in [-0.2, 0) is 17.3 Å². The molecule has 0 bridgehead atoms. The third kappa shape index (κ3) is 5.92. The lowest BCUT2D eigenvalue weighted by molar-refractivity contribution is -0.137. The summed E-state index contributed by atoms with van der Waals surface area (Å²) in [7, 11) is 1.54. The molecule has 0 fully saturated rings. The molecule has 4 rings (SSSR count). The van der Waals surface area contributed by atoms with E-state index in [-0.39, 0.29) is 17.3 Å². The number of hydrogen-bond donors (Lipinski definition) is 2. The highest BCUT2D eigenvalue weighted by molar-refractivity contribution is 6.03. The molecule has 0 saturated heterocycles.